The molecule has 2 fully saturated rings. The highest BCUT2D eigenvalue weighted by Gasteiger charge is 2.29. The molecular formula is C12H23NO. The van der Waals surface area contributed by atoms with Gasteiger partial charge >= 0.3 is 0 Å². The van der Waals surface area contributed by atoms with Crippen LogP contribution in [-0.2, 0) is 4.74 Å². The summed E-state index contributed by atoms with van der Waals surface area (Å²) in [6.45, 7) is 2.21. The van der Waals surface area contributed by atoms with Gasteiger partial charge in [-0.2, -0.15) is 0 Å². The number of hydrogen-bond donors (Lipinski definition) is 1. The van der Waals surface area contributed by atoms with Crippen molar-refractivity contribution in [3.8, 4) is 0 Å². The Balaban J connectivity index is 1.51. The molecule has 0 aliphatic heterocycles. The highest BCUT2D eigenvalue weighted by molar-refractivity contribution is 4.81. The van der Waals surface area contributed by atoms with Crippen molar-refractivity contribution >= 4 is 0 Å². The predicted octanol–water partition coefficient (Wildman–Crippen LogP) is 2.19. The Morgan fingerprint density at radius 3 is 2.50 bits per heavy atom. The highest BCUT2D eigenvalue weighted by atomic mass is 16.5. The Hall–Kier alpha value is -0.0800. The molecule has 2 aliphatic carbocycles. The van der Waals surface area contributed by atoms with Crippen LogP contribution in [0.15, 0.2) is 0 Å². The fourth-order valence-corrected chi connectivity index (χ4v) is 2.72. The van der Waals surface area contributed by atoms with E-state index in [2.05, 4.69) is 5.32 Å². The second kappa shape index (κ2) is 5.13. The molecule has 2 heteroatoms. The van der Waals surface area contributed by atoms with Gasteiger partial charge in [-0.05, 0) is 51.1 Å². The van der Waals surface area contributed by atoms with Crippen molar-refractivity contribution in [3.63, 3.8) is 0 Å². The minimum atomic E-state index is 0.592. The molecule has 1 N–H and O–H groups in total. The van der Waals surface area contributed by atoms with Gasteiger partial charge in [-0.1, -0.05) is 12.8 Å². The van der Waals surface area contributed by atoms with E-state index in [4.69, 9.17) is 4.74 Å². The molecule has 2 saturated carbocycles. The van der Waals surface area contributed by atoms with Gasteiger partial charge in [-0.25, -0.2) is 0 Å². The lowest BCUT2D eigenvalue weighted by atomic mass is 9.82. The number of nitrogens with one attached hydrogen (secondary N) is 1. The fraction of sp³-hybridized carbons (Fsp3) is 1.00. The molecule has 82 valence electrons. The van der Waals surface area contributed by atoms with Crippen LogP contribution in [0.2, 0.25) is 0 Å². The molecule has 0 saturated heterocycles. The van der Waals surface area contributed by atoms with Crippen molar-refractivity contribution in [2.45, 2.75) is 44.6 Å². The summed E-state index contributed by atoms with van der Waals surface area (Å²) in [4.78, 5) is 0. The molecule has 2 aliphatic rings. The van der Waals surface area contributed by atoms with E-state index in [1.54, 1.807) is 0 Å². The van der Waals surface area contributed by atoms with Crippen LogP contribution in [0.1, 0.15) is 38.5 Å². The first kappa shape index (κ1) is 10.4. The van der Waals surface area contributed by atoms with E-state index in [0.29, 0.717) is 6.10 Å². The van der Waals surface area contributed by atoms with Gasteiger partial charge in [0.25, 0.3) is 0 Å². The molecule has 0 aromatic rings. The summed E-state index contributed by atoms with van der Waals surface area (Å²) < 4.78 is 5.91. The van der Waals surface area contributed by atoms with Crippen LogP contribution in [0.4, 0.5) is 0 Å². The molecule has 2 nitrogen and oxygen atoms in total. The minimum Gasteiger partial charge on any atom is -0.378 e. The van der Waals surface area contributed by atoms with E-state index in [1.165, 1.54) is 45.1 Å². The van der Waals surface area contributed by atoms with Crippen LogP contribution >= 0.6 is 0 Å². The van der Waals surface area contributed by atoms with Crippen LogP contribution in [0.3, 0.4) is 0 Å². The largest absolute Gasteiger partial charge is 0.378 e. The number of ether oxygens (including phenoxy) is 1. The summed E-state index contributed by atoms with van der Waals surface area (Å²) in [6.07, 6.45) is 8.84. The van der Waals surface area contributed by atoms with Gasteiger partial charge in [0.05, 0.1) is 6.10 Å². The first-order chi connectivity index (χ1) is 6.88. The molecule has 0 radical (unpaired) electrons. The van der Waals surface area contributed by atoms with E-state index in [0.717, 1.165) is 18.4 Å². The van der Waals surface area contributed by atoms with Crippen molar-refractivity contribution < 1.29 is 4.74 Å². The lowest BCUT2D eigenvalue weighted by Gasteiger charge is -2.35. The Kier molecular flexibility index (Phi) is 3.82. The maximum absolute atomic E-state index is 5.91. The van der Waals surface area contributed by atoms with Crippen LogP contribution in [-0.4, -0.2) is 26.3 Å². The van der Waals surface area contributed by atoms with Gasteiger partial charge < -0.3 is 10.1 Å². The van der Waals surface area contributed by atoms with E-state index < -0.39 is 0 Å². The van der Waals surface area contributed by atoms with Crippen molar-refractivity contribution in [2.24, 2.45) is 11.8 Å². The van der Waals surface area contributed by atoms with Gasteiger partial charge in [0.15, 0.2) is 0 Å². The Labute approximate surface area is 87.4 Å². The molecule has 0 unspecified atom stereocenters. The average Bonchev–Trinajstić information content (AvgIpc) is 2.61. The van der Waals surface area contributed by atoms with Gasteiger partial charge in [0.2, 0.25) is 0 Å². The lowest BCUT2D eigenvalue weighted by molar-refractivity contribution is -0.0430. The van der Waals surface area contributed by atoms with Crippen molar-refractivity contribution in [2.75, 3.05) is 20.2 Å². The minimum absolute atomic E-state index is 0.592. The molecule has 2 rings (SSSR count). The summed E-state index contributed by atoms with van der Waals surface area (Å²) in [5.41, 5.74) is 0. The molecule has 0 amide bonds. The summed E-state index contributed by atoms with van der Waals surface area (Å²) >= 11 is 0. The average molecular weight is 197 g/mol. The van der Waals surface area contributed by atoms with Gasteiger partial charge in [-0.15, -0.1) is 0 Å². The smallest absolute Gasteiger partial charge is 0.0581 e. The fourth-order valence-electron chi connectivity index (χ4n) is 2.72. The first-order valence-electron chi connectivity index (χ1n) is 6.14. The Morgan fingerprint density at radius 1 is 1.14 bits per heavy atom. The monoisotopic (exact) mass is 197 g/mol. The summed E-state index contributed by atoms with van der Waals surface area (Å²) in [5, 5.41) is 3.23. The van der Waals surface area contributed by atoms with Crippen LogP contribution in [0.25, 0.3) is 0 Å². The van der Waals surface area contributed by atoms with Crippen LogP contribution < -0.4 is 5.32 Å². The molecule has 0 atom stereocenters. The van der Waals surface area contributed by atoms with E-state index in [9.17, 15) is 0 Å². The quantitative estimate of drug-likeness (QED) is 0.729. The molecule has 0 heterocycles. The standard InChI is InChI=1S/C12H23NO/c1-13-8-11-6-12(7-11)14-9-10-4-2-3-5-10/h10-13H,2-9H2,1H3. The summed E-state index contributed by atoms with van der Waals surface area (Å²) in [6, 6.07) is 0. The van der Waals surface area contributed by atoms with E-state index in [-0.39, 0.29) is 0 Å². The first-order valence-corrected chi connectivity index (χ1v) is 6.14. The van der Waals surface area contributed by atoms with Gasteiger partial charge in [0, 0.05) is 6.61 Å². The zero-order valence-corrected chi connectivity index (χ0v) is 9.30. The molecular weight excluding hydrogens is 174 g/mol. The normalized spacial score (nSPS) is 33.2. The third kappa shape index (κ3) is 2.71. The summed E-state index contributed by atoms with van der Waals surface area (Å²) in [5.74, 6) is 1.77. The Morgan fingerprint density at radius 2 is 1.86 bits per heavy atom. The third-order valence-corrected chi connectivity index (χ3v) is 3.73. The van der Waals surface area contributed by atoms with Crippen LogP contribution in [0, 0.1) is 11.8 Å². The topological polar surface area (TPSA) is 21.3 Å². The van der Waals surface area contributed by atoms with E-state index >= 15 is 0 Å². The van der Waals surface area contributed by atoms with E-state index in [1.807, 2.05) is 7.05 Å². The lowest BCUT2D eigenvalue weighted by Crippen LogP contribution is -2.37. The van der Waals surface area contributed by atoms with Gasteiger partial charge in [-0.3, -0.25) is 0 Å². The molecule has 0 aromatic carbocycles. The van der Waals surface area contributed by atoms with Crippen molar-refractivity contribution in [1.29, 1.82) is 0 Å². The molecule has 0 aromatic heterocycles. The van der Waals surface area contributed by atoms with Crippen LogP contribution in [0.5, 0.6) is 0 Å². The Bertz CT molecular complexity index is 160. The molecule has 14 heavy (non-hydrogen) atoms. The zero-order valence-electron chi connectivity index (χ0n) is 9.30. The maximum atomic E-state index is 5.91. The zero-order chi connectivity index (χ0) is 9.80. The second-order valence-corrected chi connectivity index (χ2v) is 5.00. The number of hydrogen-bond acceptors (Lipinski definition) is 2. The SMILES string of the molecule is CNCC1CC(OCC2CCCC2)C1. The van der Waals surface area contributed by atoms with Crippen molar-refractivity contribution in [1.82, 2.24) is 5.32 Å². The van der Waals surface area contributed by atoms with Crippen molar-refractivity contribution in [3.05, 3.63) is 0 Å². The van der Waals surface area contributed by atoms with Gasteiger partial charge in [0.1, 0.15) is 0 Å². The predicted molar refractivity (Wildman–Crippen MR) is 58.3 cm³/mol. The second-order valence-electron chi connectivity index (χ2n) is 5.00. The molecule has 0 bridgehead atoms. The summed E-state index contributed by atoms with van der Waals surface area (Å²) in [7, 11) is 2.03. The third-order valence-electron chi connectivity index (χ3n) is 3.73. The maximum Gasteiger partial charge on any atom is 0.0581 e. The molecule has 0 spiro atoms. The number of rotatable bonds is 5. The highest BCUT2D eigenvalue weighted by Crippen LogP contribution is 2.31.